The Morgan fingerprint density at radius 2 is 2.20 bits per heavy atom. The maximum absolute atomic E-state index is 5.37. The van der Waals surface area contributed by atoms with E-state index < -0.39 is 0 Å². The van der Waals surface area contributed by atoms with Crippen LogP contribution in [0.5, 0.6) is 0 Å². The summed E-state index contributed by atoms with van der Waals surface area (Å²) in [5, 5.41) is 3.56. The Morgan fingerprint density at radius 3 is 2.87 bits per heavy atom. The lowest BCUT2D eigenvalue weighted by Gasteiger charge is -2.23. The minimum atomic E-state index is 0.349. The molecule has 0 spiro atoms. The summed E-state index contributed by atoms with van der Waals surface area (Å²) in [6.07, 6.45) is 8.82. The molecule has 0 radical (unpaired) electrons. The van der Waals surface area contributed by atoms with Crippen molar-refractivity contribution in [1.82, 2.24) is 5.32 Å². The summed E-state index contributed by atoms with van der Waals surface area (Å²) in [6, 6.07) is 4.34. The van der Waals surface area contributed by atoms with Crippen molar-refractivity contribution in [2.24, 2.45) is 5.92 Å². The molecule has 84 valence electrons. The van der Waals surface area contributed by atoms with Gasteiger partial charge in [-0.25, -0.2) is 0 Å². The fourth-order valence-corrected chi connectivity index (χ4v) is 2.37. The molecular weight excluding hydrogens is 186 g/mol. The highest BCUT2D eigenvalue weighted by atomic mass is 16.3. The van der Waals surface area contributed by atoms with Gasteiger partial charge in [-0.15, -0.1) is 0 Å². The van der Waals surface area contributed by atoms with Crippen LogP contribution in [0.2, 0.25) is 0 Å². The van der Waals surface area contributed by atoms with E-state index >= 15 is 0 Å². The van der Waals surface area contributed by atoms with Crippen molar-refractivity contribution >= 4 is 0 Å². The molecule has 2 rings (SSSR count). The highest BCUT2D eigenvalue weighted by Gasteiger charge is 2.15. The molecule has 0 unspecified atom stereocenters. The lowest BCUT2D eigenvalue weighted by Crippen LogP contribution is -2.26. The lowest BCUT2D eigenvalue weighted by molar-refractivity contribution is 0.321. The first kappa shape index (κ1) is 10.7. The van der Waals surface area contributed by atoms with Crippen LogP contribution in [-0.4, -0.2) is 6.54 Å². The van der Waals surface area contributed by atoms with Gasteiger partial charge in [0.1, 0.15) is 5.76 Å². The summed E-state index contributed by atoms with van der Waals surface area (Å²) >= 11 is 0. The molecule has 1 saturated carbocycles. The number of rotatable bonds is 4. The van der Waals surface area contributed by atoms with E-state index in [-0.39, 0.29) is 0 Å². The van der Waals surface area contributed by atoms with Crippen LogP contribution >= 0.6 is 0 Å². The molecule has 1 aromatic rings. The van der Waals surface area contributed by atoms with Crippen LogP contribution in [0.3, 0.4) is 0 Å². The van der Waals surface area contributed by atoms with E-state index in [2.05, 4.69) is 12.2 Å². The molecule has 1 aliphatic rings. The predicted molar refractivity (Wildman–Crippen MR) is 61.7 cm³/mol. The molecule has 1 aliphatic carbocycles. The van der Waals surface area contributed by atoms with Gasteiger partial charge in [-0.2, -0.15) is 0 Å². The monoisotopic (exact) mass is 207 g/mol. The van der Waals surface area contributed by atoms with E-state index in [1.807, 2.05) is 12.1 Å². The van der Waals surface area contributed by atoms with Gasteiger partial charge in [0.2, 0.25) is 0 Å². The molecule has 0 aromatic carbocycles. The molecular formula is C13H21NO. The van der Waals surface area contributed by atoms with Crippen LogP contribution in [-0.2, 0) is 0 Å². The van der Waals surface area contributed by atoms with Gasteiger partial charge in [0.05, 0.1) is 12.3 Å². The minimum Gasteiger partial charge on any atom is -0.468 e. The van der Waals surface area contributed by atoms with Crippen molar-refractivity contribution < 1.29 is 4.42 Å². The first-order chi connectivity index (χ1) is 7.36. The van der Waals surface area contributed by atoms with Crippen LogP contribution in [0, 0.1) is 5.92 Å². The van der Waals surface area contributed by atoms with Crippen molar-refractivity contribution in [2.75, 3.05) is 6.54 Å². The minimum absolute atomic E-state index is 0.349. The van der Waals surface area contributed by atoms with Crippen LogP contribution in [0.25, 0.3) is 0 Å². The molecule has 1 N–H and O–H groups in total. The maximum atomic E-state index is 5.37. The van der Waals surface area contributed by atoms with Crippen molar-refractivity contribution in [3.05, 3.63) is 24.2 Å². The molecule has 0 bridgehead atoms. The quantitative estimate of drug-likeness (QED) is 0.817. The van der Waals surface area contributed by atoms with Gasteiger partial charge in [0, 0.05) is 0 Å². The fraction of sp³-hybridized carbons (Fsp3) is 0.692. The Labute approximate surface area is 92.1 Å². The Bertz CT molecular complexity index is 262. The third-order valence-corrected chi connectivity index (χ3v) is 3.41. The predicted octanol–water partition coefficient (Wildman–Crippen LogP) is 3.51. The SMILES string of the molecule is C[C@@H](NCC1CCCCC1)c1ccco1. The highest BCUT2D eigenvalue weighted by Crippen LogP contribution is 2.23. The molecule has 0 amide bonds. The molecule has 2 heteroatoms. The average Bonchev–Trinajstić information content (AvgIpc) is 2.81. The number of hydrogen-bond acceptors (Lipinski definition) is 2. The molecule has 1 aromatic heterocycles. The average molecular weight is 207 g/mol. The molecule has 1 fully saturated rings. The largest absolute Gasteiger partial charge is 0.468 e. The highest BCUT2D eigenvalue weighted by molar-refractivity contribution is 5.02. The zero-order chi connectivity index (χ0) is 10.5. The van der Waals surface area contributed by atoms with E-state index in [1.54, 1.807) is 6.26 Å². The lowest BCUT2D eigenvalue weighted by atomic mass is 9.89. The molecule has 0 aliphatic heterocycles. The second kappa shape index (κ2) is 5.36. The van der Waals surface area contributed by atoms with Crippen molar-refractivity contribution in [2.45, 2.75) is 45.1 Å². The second-order valence-corrected chi connectivity index (χ2v) is 4.65. The third-order valence-electron chi connectivity index (χ3n) is 3.41. The van der Waals surface area contributed by atoms with Crippen LogP contribution in [0.1, 0.15) is 50.8 Å². The van der Waals surface area contributed by atoms with E-state index in [0.717, 1.165) is 18.2 Å². The van der Waals surface area contributed by atoms with E-state index in [1.165, 1.54) is 32.1 Å². The van der Waals surface area contributed by atoms with E-state index in [0.29, 0.717) is 6.04 Å². The molecule has 1 atom stereocenters. The van der Waals surface area contributed by atoms with Gasteiger partial charge in [-0.3, -0.25) is 0 Å². The van der Waals surface area contributed by atoms with E-state index in [9.17, 15) is 0 Å². The number of furan rings is 1. The van der Waals surface area contributed by atoms with Gasteiger partial charge in [0.25, 0.3) is 0 Å². The Kier molecular flexibility index (Phi) is 3.84. The van der Waals surface area contributed by atoms with Gasteiger partial charge in [-0.05, 0) is 44.4 Å². The Balaban J connectivity index is 1.73. The summed E-state index contributed by atoms with van der Waals surface area (Å²) in [7, 11) is 0. The second-order valence-electron chi connectivity index (χ2n) is 4.65. The van der Waals surface area contributed by atoms with E-state index in [4.69, 9.17) is 4.42 Å². The Morgan fingerprint density at radius 1 is 1.40 bits per heavy atom. The van der Waals surface area contributed by atoms with Gasteiger partial charge >= 0.3 is 0 Å². The van der Waals surface area contributed by atoms with Crippen molar-refractivity contribution in [3.8, 4) is 0 Å². The van der Waals surface area contributed by atoms with Gasteiger partial charge in [-0.1, -0.05) is 19.3 Å². The van der Waals surface area contributed by atoms with Crippen molar-refractivity contribution in [1.29, 1.82) is 0 Å². The first-order valence-corrected chi connectivity index (χ1v) is 6.13. The Hall–Kier alpha value is -0.760. The summed E-state index contributed by atoms with van der Waals surface area (Å²) in [5.41, 5.74) is 0. The standard InChI is InChI=1S/C13H21NO/c1-11(13-8-5-9-15-13)14-10-12-6-3-2-4-7-12/h5,8-9,11-12,14H,2-4,6-7,10H2,1H3/t11-/m1/s1. The molecule has 1 heterocycles. The number of nitrogens with one attached hydrogen (secondary N) is 1. The fourth-order valence-electron chi connectivity index (χ4n) is 2.37. The zero-order valence-electron chi connectivity index (χ0n) is 9.54. The van der Waals surface area contributed by atoms with Crippen molar-refractivity contribution in [3.63, 3.8) is 0 Å². The van der Waals surface area contributed by atoms with Crippen LogP contribution in [0.4, 0.5) is 0 Å². The number of hydrogen-bond donors (Lipinski definition) is 1. The summed E-state index contributed by atoms with van der Waals surface area (Å²) in [4.78, 5) is 0. The summed E-state index contributed by atoms with van der Waals surface area (Å²) in [5.74, 6) is 1.93. The molecule has 15 heavy (non-hydrogen) atoms. The normalized spacial score (nSPS) is 20.3. The topological polar surface area (TPSA) is 25.2 Å². The maximum Gasteiger partial charge on any atom is 0.120 e. The van der Waals surface area contributed by atoms with Crippen LogP contribution in [0.15, 0.2) is 22.8 Å². The molecule has 0 saturated heterocycles. The summed E-state index contributed by atoms with van der Waals surface area (Å²) in [6.45, 7) is 3.31. The summed E-state index contributed by atoms with van der Waals surface area (Å²) < 4.78 is 5.37. The third kappa shape index (κ3) is 3.10. The first-order valence-electron chi connectivity index (χ1n) is 6.13. The zero-order valence-corrected chi connectivity index (χ0v) is 9.54. The van der Waals surface area contributed by atoms with Crippen LogP contribution < -0.4 is 5.32 Å². The molecule has 2 nitrogen and oxygen atoms in total. The van der Waals surface area contributed by atoms with Gasteiger partial charge < -0.3 is 9.73 Å². The van der Waals surface area contributed by atoms with Gasteiger partial charge in [0.15, 0.2) is 0 Å². The smallest absolute Gasteiger partial charge is 0.120 e.